The molecule has 2 aromatic carbocycles. The molecule has 3 aromatic rings. The first-order chi connectivity index (χ1) is 12.2. The molecule has 0 saturated carbocycles. The number of hydrogen-bond donors (Lipinski definition) is 1. The molecule has 2 heterocycles. The molecule has 0 bridgehead atoms. The number of rotatable bonds is 3. The standard InChI is InChI=1S/C21H19N3O/c1-14-8-7-11-18(15(14)2)23-20-16-9-3-4-10-17(16)21(25)24(20)19-12-5-6-13-22-19/h3-13,20,23H,1-2H3/t20-/m0/s1. The molecular formula is C21H19N3O. The minimum absolute atomic E-state index is 0.0305. The summed E-state index contributed by atoms with van der Waals surface area (Å²) in [5, 5.41) is 3.55. The van der Waals surface area contributed by atoms with Crippen LogP contribution >= 0.6 is 0 Å². The average Bonchev–Trinajstić information content (AvgIpc) is 2.92. The van der Waals surface area contributed by atoms with Crippen molar-refractivity contribution in [1.29, 1.82) is 0 Å². The zero-order valence-corrected chi connectivity index (χ0v) is 14.2. The lowest BCUT2D eigenvalue weighted by atomic mass is 10.1. The van der Waals surface area contributed by atoms with E-state index in [1.807, 2.05) is 54.6 Å². The number of carbonyl (C=O) groups is 1. The number of anilines is 2. The van der Waals surface area contributed by atoms with Crippen molar-refractivity contribution in [1.82, 2.24) is 4.98 Å². The van der Waals surface area contributed by atoms with Crippen LogP contribution in [0.1, 0.15) is 33.2 Å². The van der Waals surface area contributed by atoms with Gasteiger partial charge in [-0.05, 0) is 49.2 Å². The Morgan fingerprint density at radius 2 is 1.76 bits per heavy atom. The first-order valence-electron chi connectivity index (χ1n) is 8.33. The number of aromatic nitrogens is 1. The van der Waals surface area contributed by atoms with Gasteiger partial charge < -0.3 is 5.32 Å². The summed E-state index contributed by atoms with van der Waals surface area (Å²) >= 11 is 0. The van der Waals surface area contributed by atoms with Crippen molar-refractivity contribution >= 4 is 17.4 Å². The number of aryl methyl sites for hydroxylation is 1. The van der Waals surface area contributed by atoms with Gasteiger partial charge in [-0.2, -0.15) is 0 Å². The third kappa shape index (κ3) is 2.56. The number of hydrogen-bond acceptors (Lipinski definition) is 3. The topological polar surface area (TPSA) is 45.2 Å². The van der Waals surface area contributed by atoms with E-state index in [4.69, 9.17) is 0 Å². The lowest BCUT2D eigenvalue weighted by Crippen LogP contribution is -2.33. The Labute approximate surface area is 147 Å². The highest BCUT2D eigenvalue weighted by Crippen LogP contribution is 2.37. The van der Waals surface area contributed by atoms with Crippen LogP contribution in [0.5, 0.6) is 0 Å². The van der Waals surface area contributed by atoms with Crippen molar-refractivity contribution in [3.63, 3.8) is 0 Å². The summed E-state index contributed by atoms with van der Waals surface area (Å²) in [7, 11) is 0. The molecule has 1 aliphatic heterocycles. The summed E-state index contributed by atoms with van der Waals surface area (Å²) < 4.78 is 0. The minimum Gasteiger partial charge on any atom is -0.361 e. The van der Waals surface area contributed by atoms with Crippen LogP contribution in [0.3, 0.4) is 0 Å². The highest BCUT2D eigenvalue weighted by atomic mass is 16.2. The molecule has 124 valence electrons. The van der Waals surface area contributed by atoms with E-state index in [2.05, 4.69) is 30.2 Å². The monoisotopic (exact) mass is 329 g/mol. The van der Waals surface area contributed by atoms with Gasteiger partial charge in [-0.15, -0.1) is 0 Å². The van der Waals surface area contributed by atoms with E-state index < -0.39 is 0 Å². The summed E-state index contributed by atoms with van der Waals surface area (Å²) in [6, 6.07) is 19.5. The van der Waals surface area contributed by atoms with Gasteiger partial charge in [0, 0.05) is 23.0 Å². The van der Waals surface area contributed by atoms with Crippen molar-refractivity contribution in [2.45, 2.75) is 20.0 Å². The Morgan fingerprint density at radius 3 is 2.56 bits per heavy atom. The van der Waals surface area contributed by atoms with Gasteiger partial charge in [0.25, 0.3) is 5.91 Å². The maximum Gasteiger partial charge on any atom is 0.261 e. The van der Waals surface area contributed by atoms with Crippen LogP contribution in [0.15, 0.2) is 66.9 Å². The molecule has 25 heavy (non-hydrogen) atoms. The molecule has 0 radical (unpaired) electrons. The van der Waals surface area contributed by atoms with Gasteiger partial charge in [0.1, 0.15) is 12.0 Å². The van der Waals surface area contributed by atoms with Crippen LogP contribution < -0.4 is 10.2 Å². The van der Waals surface area contributed by atoms with Crippen LogP contribution in [0.2, 0.25) is 0 Å². The number of nitrogens with zero attached hydrogens (tertiary/aromatic N) is 2. The molecule has 0 aliphatic carbocycles. The number of amides is 1. The van der Waals surface area contributed by atoms with E-state index >= 15 is 0 Å². The fraction of sp³-hybridized carbons (Fsp3) is 0.143. The highest BCUT2D eigenvalue weighted by Gasteiger charge is 2.38. The van der Waals surface area contributed by atoms with Crippen molar-refractivity contribution < 1.29 is 4.79 Å². The van der Waals surface area contributed by atoms with Gasteiger partial charge >= 0.3 is 0 Å². The maximum atomic E-state index is 13.0. The molecule has 0 unspecified atom stereocenters. The normalized spacial score (nSPS) is 16.0. The fourth-order valence-electron chi connectivity index (χ4n) is 3.25. The molecule has 1 aromatic heterocycles. The van der Waals surface area contributed by atoms with Crippen LogP contribution in [0.4, 0.5) is 11.5 Å². The quantitative estimate of drug-likeness (QED) is 0.771. The van der Waals surface area contributed by atoms with Crippen molar-refractivity contribution in [2.24, 2.45) is 0 Å². The third-order valence-corrected chi connectivity index (χ3v) is 4.76. The molecule has 4 heteroatoms. The molecule has 1 N–H and O–H groups in total. The lowest BCUT2D eigenvalue weighted by Gasteiger charge is -2.27. The summed E-state index contributed by atoms with van der Waals surface area (Å²) in [6.45, 7) is 4.18. The van der Waals surface area contributed by atoms with Gasteiger partial charge in [0.15, 0.2) is 0 Å². The second-order valence-corrected chi connectivity index (χ2v) is 6.24. The predicted octanol–water partition coefficient (Wildman–Crippen LogP) is 4.47. The van der Waals surface area contributed by atoms with E-state index in [1.54, 1.807) is 11.1 Å². The first kappa shape index (κ1) is 15.4. The Kier molecular flexibility index (Phi) is 3.73. The summed E-state index contributed by atoms with van der Waals surface area (Å²) in [5.74, 6) is 0.614. The molecule has 0 saturated heterocycles. The molecule has 4 nitrogen and oxygen atoms in total. The van der Waals surface area contributed by atoms with Gasteiger partial charge in [-0.25, -0.2) is 4.98 Å². The number of fused-ring (bicyclic) bond motifs is 1. The molecule has 4 rings (SSSR count). The number of carbonyl (C=O) groups excluding carboxylic acids is 1. The largest absolute Gasteiger partial charge is 0.361 e. The van der Waals surface area contributed by atoms with Gasteiger partial charge in [0.05, 0.1) is 0 Å². The van der Waals surface area contributed by atoms with Crippen LogP contribution in [0, 0.1) is 13.8 Å². The minimum atomic E-state index is -0.279. The van der Waals surface area contributed by atoms with E-state index in [0.717, 1.165) is 16.8 Å². The van der Waals surface area contributed by atoms with Crippen molar-refractivity contribution in [3.8, 4) is 0 Å². The molecule has 0 fully saturated rings. The number of nitrogens with one attached hydrogen (secondary N) is 1. The SMILES string of the molecule is Cc1cccc(N[C@@H]2c3ccccc3C(=O)N2c2ccccn2)c1C. The maximum absolute atomic E-state index is 13.0. The van der Waals surface area contributed by atoms with Crippen LogP contribution in [0.25, 0.3) is 0 Å². The number of benzene rings is 2. The summed E-state index contributed by atoms with van der Waals surface area (Å²) in [5.41, 5.74) is 5.11. The van der Waals surface area contributed by atoms with Gasteiger partial charge in [0.2, 0.25) is 0 Å². The Morgan fingerprint density at radius 1 is 0.960 bits per heavy atom. The predicted molar refractivity (Wildman–Crippen MR) is 99.8 cm³/mol. The first-order valence-corrected chi connectivity index (χ1v) is 8.33. The van der Waals surface area contributed by atoms with E-state index in [0.29, 0.717) is 5.82 Å². The zero-order valence-electron chi connectivity index (χ0n) is 14.2. The summed E-state index contributed by atoms with van der Waals surface area (Å²) in [6.07, 6.45) is 1.43. The number of pyridine rings is 1. The van der Waals surface area contributed by atoms with Gasteiger partial charge in [-0.3, -0.25) is 9.69 Å². The Hall–Kier alpha value is -3.14. The zero-order chi connectivity index (χ0) is 17.4. The molecular weight excluding hydrogens is 310 g/mol. The van der Waals surface area contributed by atoms with Crippen molar-refractivity contribution in [2.75, 3.05) is 10.2 Å². The van der Waals surface area contributed by atoms with E-state index in [1.165, 1.54) is 11.1 Å². The van der Waals surface area contributed by atoms with Crippen LogP contribution in [-0.2, 0) is 0 Å². The smallest absolute Gasteiger partial charge is 0.261 e. The molecule has 1 amide bonds. The Bertz CT molecular complexity index is 937. The molecule has 0 spiro atoms. The second kappa shape index (κ2) is 6.06. The molecule has 1 atom stereocenters. The lowest BCUT2D eigenvalue weighted by molar-refractivity contribution is 0.0992. The fourth-order valence-corrected chi connectivity index (χ4v) is 3.25. The van der Waals surface area contributed by atoms with E-state index in [9.17, 15) is 4.79 Å². The highest BCUT2D eigenvalue weighted by molar-refractivity contribution is 6.11. The van der Waals surface area contributed by atoms with Crippen molar-refractivity contribution in [3.05, 3.63) is 89.1 Å². The molecule has 1 aliphatic rings. The summed E-state index contributed by atoms with van der Waals surface area (Å²) in [4.78, 5) is 19.1. The second-order valence-electron chi connectivity index (χ2n) is 6.24. The van der Waals surface area contributed by atoms with Crippen LogP contribution in [-0.4, -0.2) is 10.9 Å². The third-order valence-electron chi connectivity index (χ3n) is 4.76. The Balaban J connectivity index is 1.81. The van der Waals surface area contributed by atoms with Gasteiger partial charge in [-0.1, -0.05) is 36.4 Å². The average molecular weight is 329 g/mol. The van der Waals surface area contributed by atoms with E-state index in [-0.39, 0.29) is 12.1 Å².